The zero-order valence-corrected chi connectivity index (χ0v) is 13.8. The standard InChI is InChI=1S/C17H25N3OS/c21-17(16-12-22-13-19-16)18-10-14-4-6-15(7-5-14)11-20-8-2-1-3-9-20/h4-7,16,19H,1-3,8-13H2,(H,18,21). The summed E-state index contributed by atoms with van der Waals surface area (Å²) in [5.74, 6) is 1.87. The number of amides is 1. The van der Waals surface area contributed by atoms with E-state index in [2.05, 4.69) is 39.8 Å². The van der Waals surface area contributed by atoms with E-state index in [1.807, 2.05) is 0 Å². The molecule has 4 nitrogen and oxygen atoms in total. The number of hydrogen-bond acceptors (Lipinski definition) is 4. The summed E-state index contributed by atoms with van der Waals surface area (Å²) in [5.41, 5.74) is 2.53. The number of piperidine rings is 1. The fourth-order valence-corrected chi connectivity index (χ4v) is 3.96. The zero-order chi connectivity index (χ0) is 15.2. The summed E-state index contributed by atoms with van der Waals surface area (Å²) >= 11 is 1.77. The highest BCUT2D eigenvalue weighted by Gasteiger charge is 2.21. The van der Waals surface area contributed by atoms with E-state index in [1.165, 1.54) is 43.5 Å². The highest BCUT2D eigenvalue weighted by atomic mass is 32.2. The molecule has 2 N–H and O–H groups in total. The van der Waals surface area contributed by atoms with Gasteiger partial charge in [-0.05, 0) is 37.1 Å². The molecule has 0 aromatic heterocycles. The molecule has 3 rings (SSSR count). The molecule has 1 aromatic rings. The molecule has 2 aliphatic rings. The van der Waals surface area contributed by atoms with Crippen molar-refractivity contribution in [3.05, 3.63) is 35.4 Å². The number of nitrogens with one attached hydrogen (secondary N) is 2. The predicted molar refractivity (Wildman–Crippen MR) is 91.7 cm³/mol. The summed E-state index contributed by atoms with van der Waals surface area (Å²) < 4.78 is 0. The molecule has 2 saturated heterocycles. The van der Waals surface area contributed by atoms with Crippen molar-refractivity contribution >= 4 is 17.7 Å². The van der Waals surface area contributed by atoms with Crippen LogP contribution < -0.4 is 10.6 Å². The van der Waals surface area contributed by atoms with Crippen molar-refractivity contribution in [3.63, 3.8) is 0 Å². The Kier molecular flexibility index (Phi) is 5.76. The number of likely N-dealkylation sites (tertiary alicyclic amines) is 1. The van der Waals surface area contributed by atoms with Gasteiger partial charge in [-0.25, -0.2) is 0 Å². The van der Waals surface area contributed by atoms with E-state index in [9.17, 15) is 4.79 Å². The molecule has 120 valence electrons. The molecule has 22 heavy (non-hydrogen) atoms. The third kappa shape index (κ3) is 4.48. The van der Waals surface area contributed by atoms with Crippen LogP contribution in [-0.2, 0) is 17.9 Å². The summed E-state index contributed by atoms with van der Waals surface area (Å²) in [4.78, 5) is 14.5. The van der Waals surface area contributed by atoms with E-state index in [0.717, 1.165) is 18.2 Å². The maximum Gasteiger partial charge on any atom is 0.238 e. The Labute approximate surface area is 137 Å². The Morgan fingerprint density at radius 1 is 1.18 bits per heavy atom. The summed E-state index contributed by atoms with van der Waals surface area (Å²) in [6, 6.07) is 8.63. The third-order valence-electron chi connectivity index (χ3n) is 4.38. The van der Waals surface area contributed by atoms with E-state index in [1.54, 1.807) is 11.8 Å². The number of rotatable bonds is 5. The number of carbonyl (C=O) groups is 1. The van der Waals surface area contributed by atoms with Crippen LogP contribution in [0.4, 0.5) is 0 Å². The van der Waals surface area contributed by atoms with E-state index in [0.29, 0.717) is 6.54 Å². The molecule has 1 amide bonds. The number of benzene rings is 1. The molecule has 0 saturated carbocycles. The Morgan fingerprint density at radius 2 is 1.91 bits per heavy atom. The van der Waals surface area contributed by atoms with Gasteiger partial charge in [-0.15, -0.1) is 11.8 Å². The average molecular weight is 319 g/mol. The third-order valence-corrected chi connectivity index (χ3v) is 5.32. The first-order valence-corrected chi connectivity index (χ1v) is 9.36. The maximum atomic E-state index is 12.0. The van der Waals surface area contributed by atoms with Gasteiger partial charge in [0, 0.05) is 24.7 Å². The van der Waals surface area contributed by atoms with E-state index >= 15 is 0 Å². The van der Waals surface area contributed by atoms with Crippen LogP contribution in [-0.4, -0.2) is 41.6 Å². The molecule has 1 atom stereocenters. The van der Waals surface area contributed by atoms with Crippen molar-refractivity contribution in [2.24, 2.45) is 0 Å². The summed E-state index contributed by atoms with van der Waals surface area (Å²) in [7, 11) is 0. The molecule has 1 unspecified atom stereocenters. The average Bonchev–Trinajstić information content (AvgIpc) is 3.09. The van der Waals surface area contributed by atoms with Gasteiger partial charge in [0.1, 0.15) is 0 Å². The number of hydrogen-bond donors (Lipinski definition) is 2. The SMILES string of the molecule is O=C(NCc1ccc(CN2CCCCC2)cc1)C1CSCN1. The first-order chi connectivity index (χ1) is 10.8. The van der Waals surface area contributed by atoms with Gasteiger partial charge in [-0.3, -0.25) is 15.0 Å². The molecule has 2 aliphatic heterocycles. The van der Waals surface area contributed by atoms with E-state index in [-0.39, 0.29) is 11.9 Å². The molecule has 0 radical (unpaired) electrons. The smallest absolute Gasteiger partial charge is 0.238 e. The Bertz CT molecular complexity index is 479. The van der Waals surface area contributed by atoms with Gasteiger partial charge in [-0.2, -0.15) is 0 Å². The van der Waals surface area contributed by atoms with Crippen LogP contribution in [0.25, 0.3) is 0 Å². The van der Waals surface area contributed by atoms with Crippen LogP contribution in [0.5, 0.6) is 0 Å². The van der Waals surface area contributed by atoms with Crippen LogP contribution in [0.1, 0.15) is 30.4 Å². The molecular formula is C17H25N3OS. The lowest BCUT2D eigenvalue weighted by Gasteiger charge is -2.26. The summed E-state index contributed by atoms with van der Waals surface area (Å²) in [6.45, 7) is 4.12. The number of carbonyl (C=O) groups excluding carboxylic acids is 1. The number of nitrogens with zero attached hydrogens (tertiary/aromatic N) is 1. The number of thioether (sulfide) groups is 1. The van der Waals surface area contributed by atoms with Crippen molar-refractivity contribution in [1.82, 2.24) is 15.5 Å². The second-order valence-electron chi connectivity index (χ2n) is 6.14. The van der Waals surface area contributed by atoms with Gasteiger partial charge in [0.05, 0.1) is 6.04 Å². The van der Waals surface area contributed by atoms with Crippen molar-refractivity contribution in [2.75, 3.05) is 24.7 Å². The van der Waals surface area contributed by atoms with Gasteiger partial charge in [-0.1, -0.05) is 30.7 Å². The minimum Gasteiger partial charge on any atom is -0.351 e. The highest BCUT2D eigenvalue weighted by Crippen LogP contribution is 2.14. The lowest BCUT2D eigenvalue weighted by atomic mass is 10.1. The summed E-state index contributed by atoms with van der Waals surface area (Å²) in [6.07, 6.45) is 4.04. The summed E-state index contributed by atoms with van der Waals surface area (Å²) in [5, 5.41) is 6.21. The molecular weight excluding hydrogens is 294 g/mol. The first-order valence-electron chi connectivity index (χ1n) is 8.20. The minimum atomic E-state index is -0.0247. The lowest BCUT2D eigenvalue weighted by Crippen LogP contribution is -2.41. The Balaban J connectivity index is 1.45. The Hall–Kier alpha value is -1.04. The van der Waals surface area contributed by atoms with Crippen LogP contribution >= 0.6 is 11.8 Å². The minimum absolute atomic E-state index is 0.0247. The van der Waals surface area contributed by atoms with Crippen LogP contribution in [0.3, 0.4) is 0 Å². The van der Waals surface area contributed by atoms with Crippen LogP contribution in [0.2, 0.25) is 0 Å². The van der Waals surface area contributed by atoms with Crippen LogP contribution in [0.15, 0.2) is 24.3 Å². The van der Waals surface area contributed by atoms with Gasteiger partial charge in [0.2, 0.25) is 5.91 Å². The van der Waals surface area contributed by atoms with Gasteiger partial charge >= 0.3 is 0 Å². The second-order valence-corrected chi connectivity index (χ2v) is 7.17. The van der Waals surface area contributed by atoms with Crippen LogP contribution in [0, 0.1) is 0 Å². The molecule has 2 fully saturated rings. The van der Waals surface area contributed by atoms with Gasteiger partial charge in [0.15, 0.2) is 0 Å². The normalized spacial score (nSPS) is 22.6. The first kappa shape index (κ1) is 15.8. The second kappa shape index (κ2) is 7.99. The van der Waals surface area contributed by atoms with Crippen molar-refractivity contribution in [3.8, 4) is 0 Å². The molecule has 0 bridgehead atoms. The van der Waals surface area contributed by atoms with Gasteiger partial charge in [0.25, 0.3) is 0 Å². The van der Waals surface area contributed by atoms with E-state index in [4.69, 9.17) is 0 Å². The largest absolute Gasteiger partial charge is 0.351 e. The zero-order valence-electron chi connectivity index (χ0n) is 13.0. The molecule has 0 aliphatic carbocycles. The van der Waals surface area contributed by atoms with E-state index < -0.39 is 0 Å². The van der Waals surface area contributed by atoms with Crippen molar-refractivity contribution in [2.45, 2.75) is 38.4 Å². The molecule has 0 spiro atoms. The monoisotopic (exact) mass is 319 g/mol. The molecule has 2 heterocycles. The van der Waals surface area contributed by atoms with Crippen molar-refractivity contribution < 1.29 is 4.79 Å². The highest BCUT2D eigenvalue weighted by molar-refractivity contribution is 7.99. The predicted octanol–water partition coefficient (Wildman–Crippen LogP) is 1.95. The van der Waals surface area contributed by atoms with Gasteiger partial charge < -0.3 is 5.32 Å². The Morgan fingerprint density at radius 3 is 2.59 bits per heavy atom. The topological polar surface area (TPSA) is 44.4 Å². The maximum absolute atomic E-state index is 12.0. The fraction of sp³-hybridized carbons (Fsp3) is 0.588. The quantitative estimate of drug-likeness (QED) is 0.871. The lowest BCUT2D eigenvalue weighted by molar-refractivity contribution is -0.122. The molecule has 1 aromatic carbocycles. The fourth-order valence-electron chi connectivity index (χ4n) is 3.01. The molecule has 5 heteroatoms. The van der Waals surface area contributed by atoms with Crippen molar-refractivity contribution in [1.29, 1.82) is 0 Å².